The van der Waals surface area contributed by atoms with E-state index in [4.69, 9.17) is 17.3 Å². The Bertz CT molecular complexity index is 522. The molecule has 0 bridgehead atoms. The van der Waals surface area contributed by atoms with E-state index in [1.165, 1.54) is 0 Å². The second-order valence-electron chi connectivity index (χ2n) is 3.46. The molecule has 1 aromatic heterocycles. The van der Waals surface area contributed by atoms with Crippen LogP contribution < -0.4 is 5.73 Å². The molecular formula is C11H12ClN3S. The number of nitrogen functional groups attached to an aromatic ring is 1. The van der Waals surface area contributed by atoms with Gasteiger partial charge >= 0.3 is 0 Å². The molecule has 2 rings (SSSR count). The maximum Gasteiger partial charge on any atom is 0.128 e. The Balaban J connectivity index is 2.49. The summed E-state index contributed by atoms with van der Waals surface area (Å²) in [4.78, 5) is 0. The van der Waals surface area contributed by atoms with Crippen molar-refractivity contribution in [3.63, 3.8) is 0 Å². The topological polar surface area (TPSA) is 43.8 Å². The van der Waals surface area contributed by atoms with Gasteiger partial charge in [-0.05, 0) is 30.9 Å². The van der Waals surface area contributed by atoms with Crippen molar-refractivity contribution in [1.82, 2.24) is 9.78 Å². The minimum Gasteiger partial charge on any atom is -0.384 e. The summed E-state index contributed by atoms with van der Waals surface area (Å²) in [6.07, 6.45) is 1.97. The van der Waals surface area contributed by atoms with Gasteiger partial charge in [0.15, 0.2) is 0 Å². The molecule has 5 heteroatoms. The van der Waals surface area contributed by atoms with E-state index >= 15 is 0 Å². The van der Waals surface area contributed by atoms with Gasteiger partial charge in [-0.1, -0.05) is 17.7 Å². The smallest absolute Gasteiger partial charge is 0.128 e. The van der Waals surface area contributed by atoms with Gasteiger partial charge in [-0.3, -0.25) is 0 Å². The molecule has 0 spiro atoms. The highest BCUT2D eigenvalue weighted by Gasteiger charge is 2.07. The van der Waals surface area contributed by atoms with Gasteiger partial charge in [0, 0.05) is 11.1 Å². The summed E-state index contributed by atoms with van der Waals surface area (Å²) in [5.41, 5.74) is 7.81. The third kappa shape index (κ3) is 2.03. The van der Waals surface area contributed by atoms with Crippen molar-refractivity contribution in [3.8, 4) is 5.69 Å². The van der Waals surface area contributed by atoms with Crippen molar-refractivity contribution < 1.29 is 0 Å². The van der Waals surface area contributed by atoms with Gasteiger partial charge in [-0.15, -0.1) is 11.8 Å². The number of aromatic nitrogens is 2. The predicted octanol–water partition coefficient (Wildman–Crippen LogP) is 3.14. The Morgan fingerprint density at radius 3 is 2.69 bits per heavy atom. The van der Waals surface area contributed by atoms with E-state index in [1.807, 2.05) is 37.4 Å². The summed E-state index contributed by atoms with van der Waals surface area (Å²) in [5, 5.41) is 5.98. The number of anilines is 1. The molecule has 0 aliphatic heterocycles. The van der Waals surface area contributed by atoms with Crippen LogP contribution in [-0.4, -0.2) is 16.0 Å². The molecule has 0 unspecified atom stereocenters. The maximum atomic E-state index is 6.07. The summed E-state index contributed by atoms with van der Waals surface area (Å²) in [7, 11) is 0. The minimum atomic E-state index is 0.615. The van der Waals surface area contributed by atoms with Crippen LogP contribution in [-0.2, 0) is 0 Å². The first kappa shape index (κ1) is 11.4. The largest absolute Gasteiger partial charge is 0.384 e. The van der Waals surface area contributed by atoms with E-state index in [1.54, 1.807) is 16.4 Å². The predicted molar refractivity (Wildman–Crippen MR) is 69.5 cm³/mol. The lowest BCUT2D eigenvalue weighted by Gasteiger charge is -2.05. The average Bonchev–Trinajstić information content (AvgIpc) is 2.64. The molecule has 0 fully saturated rings. The SMILES string of the molecule is CSc1cc(N)n(-c2ccc(C)c(Cl)c2)n1. The van der Waals surface area contributed by atoms with Crippen LogP contribution in [0.25, 0.3) is 5.69 Å². The van der Waals surface area contributed by atoms with E-state index in [2.05, 4.69) is 5.10 Å². The number of halogens is 1. The molecule has 2 aromatic rings. The van der Waals surface area contributed by atoms with Gasteiger partial charge in [0.2, 0.25) is 0 Å². The highest BCUT2D eigenvalue weighted by molar-refractivity contribution is 7.98. The standard InChI is InChI=1S/C11H12ClN3S/c1-7-3-4-8(5-9(7)12)15-10(13)6-11(14-15)16-2/h3-6H,13H2,1-2H3. The van der Waals surface area contributed by atoms with E-state index in [-0.39, 0.29) is 0 Å². The second kappa shape index (κ2) is 4.39. The Hall–Kier alpha value is -1.13. The summed E-state index contributed by atoms with van der Waals surface area (Å²) in [6, 6.07) is 7.62. The van der Waals surface area contributed by atoms with Gasteiger partial charge in [0.05, 0.1) is 5.69 Å². The highest BCUT2D eigenvalue weighted by Crippen LogP contribution is 2.23. The number of nitrogens with zero attached hydrogens (tertiary/aromatic N) is 2. The van der Waals surface area contributed by atoms with Crippen LogP contribution in [0.15, 0.2) is 29.3 Å². The fourth-order valence-electron chi connectivity index (χ4n) is 1.39. The monoisotopic (exact) mass is 253 g/mol. The van der Waals surface area contributed by atoms with Crippen LogP contribution in [0.3, 0.4) is 0 Å². The zero-order chi connectivity index (χ0) is 11.7. The Morgan fingerprint density at radius 1 is 1.38 bits per heavy atom. The van der Waals surface area contributed by atoms with Crippen LogP contribution in [0, 0.1) is 6.92 Å². The second-order valence-corrected chi connectivity index (χ2v) is 4.69. The van der Waals surface area contributed by atoms with Crippen LogP contribution in [0.1, 0.15) is 5.56 Å². The first-order valence-electron chi connectivity index (χ1n) is 4.78. The molecule has 0 radical (unpaired) electrons. The number of nitrogens with two attached hydrogens (primary N) is 1. The van der Waals surface area contributed by atoms with Gasteiger partial charge in [0.25, 0.3) is 0 Å². The summed E-state index contributed by atoms with van der Waals surface area (Å²) < 4.78 is 1.69. The van der Waals surface area contributed by atoms with Crippen molar-refractivity contribution in [2.24, 2.45) is 0 Å². The van der Waals surface area contributed by atoms with Gasteiger partial charge in [-0.25, -0.2) is 4.68 Å². The number of hydrogen-bond donors (Lipinski definition) is 1. The van der Waals surface area contributed by atoms with Crippen molar-refractivity contribution in [2.75, 3.05) is 12.0 Å². The molecule has 1 aromatic carbocycles. The molecular weight excluding hydrogens is 242 g/mol. The molecule has 0 atom stereocenters. The van der Waals surface area contributed by atoms with Gasteiger partial charge in [0.1, 0.15) is 10.8 Å². The number of hydrogen-bond acceptors (Lipinski definition) is 3. The van der Waals surface area contributed by atoms with Crippen molar-refractivity contribution >= 4 is 29.2 Å². The molecule has 2 N–H and O–H groups in total. The Labute approximate surface area is 104 Å². The van der Waals surface area contributed by atoms with Crippen LogP contribution in [0.2, 0.25) is 5.02 Å². The third-order valence-electron chi connectivity index (χ3n) is 2.32. The third-order valence-corrected chi connectivity index (χ3v) is 3.35. The molecule has 0 saturated heterocycles. The molecule has 0 amide bonds. The fraction of sp³-hybridized carbons (Fsp3) is 0.182. The molecule has 1 heterocycles. The van der Waals surface area contributed by atoms with Crippen LogP contribution >= 0.6 is 23.4 Å². The lowest BCUT2D eigenvalue weighted by molar-refractivity contribution is 0.846. The summed E-state index contributed by atoms with van der Waals surface area (Å²) in [5.74, 6) is 0.615. The zero-order valence-corrected chi connectivity index (χ0v) is 10.6. The maximum absolute atomic E-state index is 6.07. The number of benzene rings is 1. The Morgan fingerprint density at radius 2 is 2.12 bits per heavy atom. The lowest BCUT2D eigenvalue weighted by Crippen LogP contribution is -2.01. The Kier molecular flexibility index (Phi) is 3.12. The van der Waals surface area contributed by atoms with Gasteiger partial charge in [-0.2, -0.15) is 5.10 Å². The molecule has 16 heavy (non-hydrogen) atoms. The first-order valence-corrected chi connectivity index (χ1v) is 6.38. The van der Waals surface area contributed by atoms with Crippen LogP contribution in [0.4, 0.5) is 5.82 Å². The number of rotatable bonds is 2. The first-order chi connectivity index (χ1) is 7.61. The molecule has 3 nitrogen and oxygen atoms in total. The van der Waals surface area contributed by atoms with Gasteiger partial charge < -0.3 is 5.73 Å². The van der Waals surface area contributed by atoms with E-state index in [0.717, 1.165) is 21.3 Å². The summed E-state index contributed by atoms with van der Waals surface area (Å²) >= 11 is 7.63. The summed E-state index contributed by atoms with van der Waals surface area (Å²) in [6.45, 7) is 1.96. The molecule has 0 saturated carbocycles. The molecule has 0 aliphatic rings. The highest BCUT2D eigenvalue weighted by atomic mass is 35.5. The van der Waals surface area contributed by atoms with E-state index < -0.39 is 0 Å². The normalized spacial score (nSPS) is 10.7. The van der Waals surface area contributed by atoms with Crippen molar-refractivity contribution in [2.45, 2.75) is 11.9 Å². The quantitative estimate of drug-likeness (QED) is 0.837. The van der Waals surface area contributed by atoms with Crippen molar-refractivity contribution in [1.29, 1.82) is 0 Å². The molecule has 84 valence electrons. The lowest BCUT2D eigenvalue weighted by atomic mass is 10.2. The zero-order valence-electron chi connectivity index (χ0n) is 9.07. The number of aryl methyl sites for hydroxylation is 1. The van der Waals surface area contributed by atoms with Crippen LogP contribution in [0.5, 0.6) is 0 Å². The van der Waals surface area contributed by atoms with E-state index in [9.17, 15) is 0 Å². The average molecular weight is 254 g/mol. The van der Waals surface area contributed by atoms with E-state index in [0.29, 0.717) is 5.82 Å². The molecule has 0 aliphatic carbocycles. The fourth-order valence-corrected chi connectivity index (χ4v) is 1.97. The van der Waals surface area contributed by atoms with Crippen molar-refractivity contribution in [3.05, 3.63) is 34.9 Å². The minimum absolute atomic E-state index is 0.615. The number of thioether (sulfide) groups is 1.